The second kappa shape index (κ2) is 9.45. The molecular formula is C19H24N2O5S. The summed E-state index contributed by atoms with van der Waals surface area (Å²) < 4.78 is 9.85. The molecule has 0 aromatic heterocycles. The van der Waals surface area contributed by atoms with Crippen LogP contribution in [0.1, 0.15) is 29.7 Å². The Kier molecular flexibility index (Phi) is 7.29. The van der Waals surface area contributed by atoms with Crippen LogP contribution >= 0.6 is 11.8 Å². The lowest BCUT2D eigenvalue weighted by atomic mass is 9.91. The van der Waals surface area contributed by atoms with Crippen molar-refractivity contribution in [2.45, 2.75) is 26.8 Å². The van der Waals surface area contributed by atoms with Gasteiger partial charge in [0.2, 0.25) is 0 Å². The van der Waals surface area contributed by atoms with Gasteiger partial charge in [0, 0.05) is 11.4 Å². The number of hydrogen-bond acceptors (Lipinski definition) is 6. The van der Waals surface area contributed by atoms with Gasteiger partial charge in [-0.3, -0.25) is 4.79 Å². The molecule has 2 amide bonds. The number of ether oxygens (including phenoxy) is 2. The Balaban J connectivity index is 2.44. The van der Waals surface area contributed by atoms with Gasteiger partial charge in [-0.25, -0.2) is 9.59 Å². The number of aryl methyl sites for hydroxylation is 2. The van der Waals surface area contributed by atoms with E-state index < -0.39 is 18.0 Å². The van der Waals surface area contributed by atoms with Crippen molar-refractivity contribution < 1.29 is 23.9 Å². The van der Waals surface area contributed by atoms with Gasteiger partial charge < -0.3 is 20.1 Å². The molecule has 1 aromatic carbocycles. The Labute approximate surface area is 162 Å². The monoisotopic (exact) mass is 392 g/mol. The van der Waals surface area contributed by atoms with E-state index in [1.54, 1.807) is 6.92 Å². The van der Waals surface area contributed by atoms with E-state index in [4.69, 9.17) is 4.74 Å². The number of benzene rings is 1. The largest absolute Gasteiger partial charge is 0.468 e. The van der Waals surface area contributed by atoms with Gasteiger partial charge in [0.05, 0.1) is 31.1 Å². The third-order valence-corrected chi connectivity index (χ3v) is 5.02. The summed E-state index contributed by atoms with van der Waals surface area (Å²) in [6, 6.07) is 4.86. The van der Waals surface area contributed by atoms with Crippen LogP contribution < -0.4 is 10.6 Å². The second-order valence-electron chi connectivity index (χ2n) is 6.07. The van der Waals surface area contributed by atoms with E-state index in [-0.39, 0.29) is 24.1 Å². The lowest BCUT2D eigenvalue weighted by molar-refractivity contribution is -0.139. The number of urea groups is 1. The molecule has 0 fully saturated rings. The molecule has 1 aliphatic rings. The van der Waals surface area contributed by atoms with E-state index in [2.05, 4.69) is 15.4 Å². The zero-order valence-electron chi connectivity index (χ0n) is 15.9. The van der Waals surface area contributed by atoms with Gasteiger partial charge in [0.25, 0.3) is 0 Å². The highest BCUT2D eigenvalue weighted by Crippen LogP contribution is 2.31. The molecule has 2 rings (SSSR count). The summed E-state index contributed by atoms with van der Waals surface area (Å²) in [4.78, 5) is 36.3. The van der Waals surface area contributed by atoms with Crippen LogP contribution in [0, 0.1) is 13.8 Å². The van der Waals surface area contributed by atoms with Crippen LogP contribution in [0.3, 0.4) is 0 Å². The molecule has 7 nitrogen and oxygen atoms in total. The third kappa shape index (κ3) is 5.26. The predicted molar refractivity (Wildman–Crippen MR) is 103 cm³/mol. The molecule has 1 aromatic rings. The van der Waals surface area contributed by atoms with Gasteiger partial charge in [-0.2, -0.15) is 0 Å². The van der Waals surface area contributed by atoms with Crippen LogP contribution in [0.15, 0.2) is 29.5 Å². The van der Waals surface area contributed by atoms with Crippen molar-refractivity contribution in [3.05, 3.63) is 46.2 Å². The first-order valence-corrected chi connectivity index (χ1v) is 9.72. The molecule has 0 spiro atoms. The smallest absolute Gasteiger partial charge is 0.338 e. The van der Waals surface area contributed by atoms with Gasteiger partial charge in [-0.1, -0.05) is 23.8 Å². The molecule has 27 heavy (non-hydrogen) atoms. The zero-order valence-corrected chi connectivity index (χ0v) is 16.7. The van der Waals surface area contributed by atoms with Gasteiger partial charge in [-0.05, 0) is 31.9 Å². The fraction of sp³-hybridized carbons (Fsp3) is 0.421. The van der Waals surface area contributed by atoms with Crippen molar-refractivity contribution in [2.24, 2.45) is 0 Å². The summed E-state index contributed by atoms with van der Waals surface area (Å²) in [5, 5.41) is 5.51. The molecule has 2 N–H and O–H groups in total. The Morgan fingerprint density at radius 1 is 1.26 bits per heavy atom. The summed E-state index contributed by atoms with van der Waals surface area (Å²) in [5.41, 5.74) is 3.60. The number of amides is 2. The first-order valence-electron chi connectivity index (χ1n) is 8.56. The normalized spacial score (nSPS) is 16.4. The van der Waals surface area contributed by atoms with E-state index in [1.165, 1.54) is 18.9 Å². The number of rotatable bonds is 7. The van der Waals surface area contributed by atoms with E-state index in [0.29, 0.717) is 11.3 Å². The van der Waals surface area contributed by atoms with Crippen molar-refractivity contribution in [2.75, 3.05) is 25.2 Å². The Morgan fingerprint density at radius 2 is 2.00 bits per heavy atom. The quantitative estimate of drug-likeness (QED) is 0.692. The molecule has 1 aliphatic heterocycles. The SMILES string of the molecule is CCOC(=O)C1=C(CSCC(=O)OC)NC(=O)N[C@H]1c1cc(C)ccc1C. The average molecular weight is 392 g/mol. The number of esters is 2. The summed E-state index contributed by atoms with van der Waals surface area (Å²) in [6.45, 7) is 5.83. The van der Waals surface area contributed by atoms with E-state index in [9.17, 15) is 14.4 Å². The van der Waals surface area contributed by atoms with Crippen LogP contribution in [0.2, 0.25) is 0 Å². The molecule has 1 heterocycles. The highest BCUT2D eigenvalue weighted by Gasteiger charge is 2.34. The van der Waals surface area contributed by atoms with Crippen LogP contribution in [0.25, 0.3) is 0 Å². The average Bonchev–Trinajstić information content (AvgIpc) is 2.63. The van der Waals surface area contributed by atoms with Crippen LogP contribution in [-0.2, 0) is 19.1 Å². The Morgan fingerprint density at radius 3 is 2.67 bits per heavy atom. The minimum absolute atomic E-state index is 0.119. The summed E-state index contributed by atoms with van der Waals surface area (Å²) in [6.07, 6.45) is 0. The number of hydrogen-bond donors (Lipinski definition) is 2. The van der Waals surface area contributed by atoms with E-state index in [0.717, 1.165) is 16.7 Å². The number of methoxy groups -OCH3 is 1. The molecular weight excluding hydrogens is 368 g/mol. The minimum Gasteiger partial charge on any atom is -0.468 e. The second-order valence-corrected chi connectivity index (χ2v) is 7.06. The molecule has 0 unspecified atom stereocenters. The highest BCUT2D eigenvalue weighted by atomic mass is 32.2. The van der Waals surface area contributed by atoms with Gasteiger partial charge in [0.1, 0.15) is 0 Å². The maximum atomic E-state index is 12.7. The molecule has 8 heteroatoms. The highest BCUT2D eigenvalue weighted by molar-refractivity contribution is 8.00. The fourth-order valence-corrected chi connectivity index (χ4v) is 3.60. The zero-order chi connectivity index (χ0) is 20.0. The van der Waals surface area contributed by atoms with Gasteiger partial charge >= 0.3 is 18.0 Å². The maximum absolute atomic E-state index is 12.7. The number of thioether (sulfide) groups is 1. The van der Waals surface area contributed by atoms with Crippen molar-refractivity contribution >= 4 is 29.7 Å². The summed E-state index contributed by atoms with van der Waals surface area (Å²) in [5.74, 6) is -0.472. The molecule has 0 bridgehead atoms. The lowest BCUT2D eigenvalue weighted by Gasteiger charge is -2.30. The van der Waals surface area contributed by atoms with Crippen LogP contribution in [-0.4, -0.2) is 43.2 Å². The molecule has 0 radical (unpaired) electrons. The van der Waals surface area contributed by atoms with Crippen LogP contribution in [0.5, 0.6) is 0 Å². The van der Waals surface area contributed by atoms with Crippen LogP contribution in [0.4, 0.5) is 4.79 Å². The predicted octanol–water partition coefficient (Wildman–Crippen LogP) is 2.38. The van der Waals surface area contributed by atoms with Crippen molar-refractivity contribution in [3.8, 4) is 0 Å². The molecule has 0 saturated carbocycles. The number of carbonyl (C=O) groups is 3. The fourth-order valence-electron chi connectivity index (χ4n) is 2.78. The summed E-state index contributed by atoms with van der Waals surface area (Å²) in [7, 11) is 1.31. The first kappa shape index (κ1) is 20.8. The minimum atomic E-state index is -0.619. The first-order chi connectivity index (χ1) is 12.9. The van der Waals surface area contributed by atoms with Crippen molar-refractivity contribution in [1.82, 2.24) is 10.6 Å². The van der Waals surface area contributed by atoms with E-state index >= 15 is 0 Å². The topological polar surface area (TPSA) is 93.7 Å². The number of carbonyl (C=O) groups excluding carboxylic acids is 3. The molecule has 0 saturated heterocycles. The van der Waals surface area contributed by atoms with Gasteiger partial charge in [0.15, 0.2) is 0 Å². The maximum Gasteiger partial charge on any atom is 0.338 e. The number of nitrogens with one attached hydrogen (secondary N) is 2. The van der Waals surface area contributed by atoms with E-state index in [1.807, 2.05) is 32.0 Å². The van der Waals surface area contributed by atoms with Crippen molar-refractivity contribution in [1.29, 1.82) is 0 Å². The molecule has 146 valence electrons. The van der Waals surface area contributed by atoms with Crippen molar-refractivity contribution in [3.63, 3.8) is 0 Å². The standard InChI is InChI=1S/C19H24N2O5S/c1-5-26-18(23)16-14(9-27-10-15(22)25-4)20-19(24)21-17(16)13-8-11(2)6-7-12(13)3/h6-8,17H,5,9-10H2,1-4H3,(H2,20,21,24)/t17-/m0/s1. The molecule has 1 atom stereocenters. The third-order valence-electron chi connectivity index (χ3n) is 4.09. The Bertz CT molecular complexity index is 775. The lowest BCUT2D eigenvalue weighted by Crippen LogP contribution is -2.46. The van der Waals surface area contributed by atoms with Gasteiger partial charge in [-0.15, -0.1) is 11.8 Å². The Hall–Kier alpha value is -2.48. The summed E-state index contributed by atoms with van der Waals surface area (Å²) >= 11 is 1.26. The molecule has 0 aliphatic carbocycles.